The van der Waals surface area contributed by atoms with E-state index in [-0.39, 0.29) is 24.4 Å². The third kappa shape index (κ3) is 4.30. The molecule has 2 rings (SSSR count). The van der Waals surface area contributed by atoms with Gasteiger partial charge in [0.15, 0.2) is 0 Å². The molecule has 7 heteroatoms. The van der Waals surface area contributed by atoms with Crippen LogP contribution in [0.3, 0.4) is 0 Å². The fourth-order valence-electron chi connectivity index (χ4n) is 2.18. The summed E-state index contributed by atoms with van der Waals surface area (Å²) in [6, 6.07) is 13.1. The van der Waals surface area contributed by atoms with Crippen molar-refractivity contribution in [1.29, 1.82) is 0 Å². The first kappa shape index (κ1) is 17.4. The van der Waals surface area contributed by atoms with Crippen molar-refractivity contribution in [3.8, 4) is 0 Å². The number of aliphatic hydroxyl groups is 1. The molecule has 0 fully saturated rings. The zero-order chi connectivity index (χ0) is 17.5. The molecule has 2 aromatic carbocycles. The molecule has 0 radical (unpaired) electrons. The van der Waals surface area contributed by atoms with E-state index in [4.69, 9.17) is 9.84 Å². The molecule has 0 unspecified atom stereocenters. The van der Waals surface area contributed by atoms with Gasteiger partial charge in [-0.1, -0.05) is 30.3 Å². The molecule has 0 bridgehead atoms. The molecular weight excluding hydrogens is 312 g/mol. The molecule has 0 aliphatic rings. The number of carbonyl (C=O) groups excluding carboxylic acids is 1. The molecule has 7 nitrogen and oxygen atoms in total. The predicted molar refractivity (Wildman–Crippen MR) is 88.9 cm³/mol. The second-order valence-electron chi connectivity index (χ2n) is 5.10. The van der Waals surface area contributed by atoms with E-state index in [1.807, 2.05) is 30.3 Å². The summed E-state index contributed by atoms with van der Waals surface area (Å²) in [5.74, 6) is -0.671. The third-order valence-corrected chi connectivity index (χ3v) is 3.41. The van der Waals surface area contributed by atoms with E-state index in [9.17, 15) is 14.9 Å². The highest BCUT2D eigenvalue weighted by Gasteiger charge is 2.20. The Morgan fingerprint density at radius 3 is 2.62 bits per heavy atom. The number of nitrogens with one attached hydrogen (secondary N) is 1. The van der Waals surface area contributed by atoms with Crippen LogP contribution in [0, 0.1) is 10.1 Å². The average Bonchev–Trinajstić information content (AvgIpc) is 2.60. The topological polar surface area (TPSA) is 102 Å². The lowest BCUT2D eigenvalue weighted by atomic mass is 10.1. The quantitative estimate of drug-likeness (QED) is 0.460. The summed E-state index contributed by atoms with van der Waals surface area (Å²) in [6.45, 7) is 1.81. The van der Waals surface area contributed by atoms with Gasteiger partial charge in [-0.15, -0.1) is 0 Å². The van der Waals surface area contributed by atoms with Crippen LogP contribution in [0.25, 0.3) is 0 Å². The monoisotopic (exact) mass is 330 g/mol. The number of ether oxygens (including phenoxy) is 1. The fourth-order valence-corrected chi connectivity index (χ4v) is 2.18. The maximum absolute atomic E-state index is 12.4. The Morgan fingerprint density at radius 1 is 1.29 bits per heavy atom. The maximum Gasteiger partial charge on any atom is 0.341 e. The Labute approximate surface area is 139 Å². The van der Waals surface area contributed by atoms with E-state index in [1.165, 1.54) is 18.2 Å². The van der Waals surface area contributed by atoms with Crippen LogP contribution in [0.4, 0.5) is 11.4 Å². The van der Waals surface area contributed by atoms with Gasteiger partial charge >= 0.3 is 5.97 Å². The van der Waals surface area contributed by atoms with Gasteiger partial charge in [0.2, 0.25) is 0 Å². The second-order valence-corrected chi connectivity index (χ2v) is 5.10. The molecule has 1 atom stereocenters. The summed E-state index contributed by atoms with van der Waals surface area (Å²) in [4.78, 5) is 22.8. The molecule has 126 valence electrons. The summed E-state index contributed by atoms with van der Waals surface area (Å²) < 4.78 is 5.41. The first-order valence-electron chi connectivity index (χ1n) is 7.42. The highest BCUT2D eigenvalue weighted by Crippen LogP contribution is 2.25. The van der Waals surface area contributed by atoms with E-state index >= 15 is 0 Å². The van der Waals surface area contributed by atoms with E-state index in [2.05, 4.69) is 5.32 Å². The summed E-state index contributed by atoms with van der Waals surface area (Å²) in [7, 11) is 0. The lowest BCUT2D eigenvalue weighted by Gasteiger charge is -2.16. The third-order valence-electron chi connectivity index (χ3n) is 3.41. The van der Waals surface area contributed by atoms with Crippen molar-refractivity contribution in [3.05, 3.63) is 69.8 Å². The van der Waals surface area contributed by atoms with Gasteiger partial charge in [-0.05, 0) is 18.6 Å². The van der Waals surface area contributed by atoms with E-state index in [1.54, 1.807) is 6.92 Å². The van der Waals surface area contributed by atoms with E-state index < -0.39 is 17.0 Å². The molecule has 2 N–H and O–H groups in total. The van der Waals surface area contributed by atoms with Crippen molar-refractivity contribution in [1.82, 2.24) is 0 Å². The van der Waals surface area contributed by atoms with Gasteiger partial charge in [-0.3, -0.25) is 10.1 Å². The van der Waals surface area contributed by atoms with E-state index in [0.29, 0.717) is 5.69 Å². The van der Waals surface area contributed by atoms with Gasteiger partial charge in [0.25, 0.3) is 5.69 Å². The van der Waals surface area contributed by atoms with Crippen molar-refractivity contribution in [2.24, 2.45) is 0 Å². The molecule has 0 amide bonds. The minimum Gasteiger partial charge on any atom is -0.454 e. The largest absolute Gasteiger partial charge is 0.454 e. The van der Waals surface area contributed by atoms with Gasteiger partial charge in [-0.2, -0.15) is 0 Å². The highest BCUT2D eigenvalue weighted by atomic mass is 16.6. The Balaban J connectivity index is 2.25. The lowest BCUT2D eigenvalue weighted by Crippen LogP contribution is -2.14. The number of non-ortho nitro benzene ring substituents is 1. The summed E-state index contributed by atoms with van der Waals surface area (Å²) in [6.07, 6.45) is -0.497. The maximum atomic E-state index is 12.4. The van der Waals surface area contributed by atoms with Crippen molar-refractivity contribution in [3.63, 3.8) is 0 Å². The number of nitro groups is 1. The molecule has 0 aliphatic carbocycles. The number of nitro benzene ring substituents is 1. The zero-order valence-electron chi connectivity index (χ0n) is 13.1. The molecule has 0 saturated carbocycles. The highest BCUT2D eigenvalue weighted by molar-refractivity contribution is 5.96. The SMILES string of the molecule is C[C@@H](OC(=O)c1cc([N+](=O)[O-])ccc1NCCO)c1ccccc1. The summed E-state index contributed by atoms with van der Waals surface area (Å²) in [5, 5.41) is 22.7. The van der Waals surface area contributed by atoms with Crippen molar-refractivity contribution >= 4 is 17.3 Å². The first-order valence-corrected chi connectivity index (χ1v) is 7.42. The Kier molecular flexibility index (Phi) is 5.86. The minimum absolute atomic E-state index is 0.0560. The average molecular weight is 330 g/mol. The van der Waals surface area contributed by atoms with Gasteiger partial charge in [-0.25, -0.2) is 4.79 Å². The summed E-state index contributed by atoms with van der Waals surface area (Å²) >= 11 is 0. The van der Waals surface area contributed by atoms with Crippen LogP contribution in [0.1, 0.15) is 28.9 Å². The van der Waals surface area contributed by atoms with Crippen LogP contribution in [-0.4, -0.2) is 29.2 Å². The first-order chi connectivity index (χ1) is 11.5. The Hall–Kier alpha value is -2.93. The molecule has 0 aromatic heterocycles. The standard InChI is InChI=1S/C17H18N2O5/c1-12(13-5-3-2-4-6-13)24-17(21)15-11-14(19(22)23)7-8-16(15)18-9-10-20/h2-8,11-12,18,20H,9-10H2,1H3/t12-/m1/s1. The molecule has 0 spiro atoms. The minimum atomic E-state index is -0.671. The molecular formula is C17H18N2O5. The van der Waals surface area contributed by atoms with Gasteiger partial charge in [0.05, 0.1) is 17.1 Å². The van der Waals surface area contributed by atoms with Gasteiger partial charge in [0, 0.05) is 24.4 Å². The van der Waals surface area contributed by atoms with Crippen LogP contribution in [0.5, 0.6) is 0 Å². The summed E-state index contributed by atoms with van der Waals surface area (Å²) in [5.41, 5.74) is 1.05. The number of esters is 1. The molecule has 2 aromatic rings. The fraction of sp³-hybridized carbons (Fsp3) is 0.235. The molecule has 0 heterocycles. The van der Waals surface area contributed by atoms with Gasteiger partial charge in [0.1, 0.15) is 6.10 Å². The van der Waals surface area contributed by atoms with Crippen LogP contribution >= 0.6 is 0 Å². The Morgan fingerprint density at radius 2 is 2.00 bits per heavy atom. The number of aliphatic hydroxyl groups excluding tert-OH is 1. The van der Waals surface area contributed by atoms with Crippen molar-refractivity contribution in [2.45, 2.75) is 13.0 Å². The van der Waals surface area contributed by atoms with Crippen LogP contribution in [0.2, 0.25) is 0 Å². The van der Waals surface area contributed by atoms with Crippen molar-refractivity contribution < 1.29 is 19.6 Å². The number of rotatable bonds is 7. The second kappa shape index (κ2) is 8.07. The number of hydrogen-bond acceptors (Lipinski definition) is 6. The van der Waals surface area contributed by atoms with Gasteiger partial charge < -0.3 is 15.2 Å². The number of anilines is 1. The van der Waals surface area contributed by atoms with Crippen molar-refractivity contribution in [2.75, 3.05) is 18.5 Å². The van der Waals surface area contributed by atoms with Crippen LogP contribution in [-0.2, 0) is 4.74 Å². The number of benzene rings is 2. The number of carbonyl (C=O) groups is 1. The number of nitrogens with zero attached hydrogens (tertiary/aromatic N) is 1. The molecule has 0 saturated heterocycles. The normalized spacial score (nSPS) is 11.6. The van der Waals surface area contributed by atoms with Crippen LogP contribution < -0.4 is 5.32 Å². The Bertz CT molecular complexity index is 718. The zero-order valence-corrected chi connectivity index (χ0v) is 13.1. The smallest absolute Gasteiger partial charge is 0.341 e. The van der Waals surface area contributed by atoms with Crippen LogP contribution in [0.15, 0.2) is 48.5 Å². The predicted octanol–water partition coefficient (Wildman–Crippen LogP) is 2.92. The number of hydrogen-bond donors (Lipinski definition) is 2. The molecule has 24 heavy (non-hydrogen) atoms. The van der Waals surface area contributed by atoms with E-state index in [0.717, 1.165) is 5.56 Å². The molecule has 0 aliphatic heterocycles. The lowest BCUT2D eigenvalue weighted by molar-refractivity contribution is -0.384.